The van der Waals surface area contributed by atoms with Crippen LogP contribution < -0.4 is 10.5 Å². The van der Waals surface area contributed by atoms with Gasteiger partial charge < -0.3 is 20.3 Å². The molecule has 4 rings (SSSR count). The maximum Gasteiger partial charge on any atom is 0.294 e. The lowest BCUT2D eigenvalue weighted by Crippen LogP contribution is -2.35. The summed E-state index contributed by atoms with van der Waals surface area (Å²) in [4.78, 5) is 11.5. The number of rotatable bonds is 3. The Balaban J connectivity index is 2.10. The van der Waals surface area contributed by atoms with Crippen molar-refractivity contribution < 1.29 is 19.4 Å². The highest BCUT2D eigenvalue weighted by Gasteiger charge is 2.46. The molecular formula is C20H15NO4. The topological polar surface area (TPSA) is 81.8 Å². The van der Waals surface area contributed by atoms with E-state index < -0.39 is 5.60 Å². The van der Waals surface area contributed by atoms with Gasteiger partial charge in [0.1, 0.15) is 17.2 Å². The predicted octanol–water partition coefficient (Wildman–Crippen LogP) is 3.55. The molecule has 0 aliphatic carbocycles. The number of carbonyl (C=O) groups is 1. The fraction of sp³-hybridized carbons (Fsp3) is 0.0500. The van der Waals surface area contributed by atoms with E-state index >= 15 is 0 Å². The third-order valence-electron chi connectivity index (χ3n) is 4.35. The summed E-state index contributed by atoms with van der Waals surface area (Å²) < 4.78 is 11.6. The number of ether oxygens (including phenoxy) is 2. The molecular weight excluding hydrogens is 318 g/mol. The first-order valence-corrected chi connectivity index (χ1v) is 7.73. The van der Waals surface area contributed by atoms with E-state index in [1.807, 2.05) is 30.3 Å². The van der Waals surface area contributed by atoms with Crippen molar-refractivity contribution in [1.29, 1.82) is 0 Å². The fourth-order valence-corrected chi connectivity index (χ4v) is 3.32. The molecule has 1 aliphatic rings. The Labute approximate surface area is 144 Å². The van der Waals surface area contributed by atoms with Gasteiger partial charge in [0, 0.05) is 34.5 Å². The maximum absolute atomic E-state index is 11.5. The normalized spacial score (nSPS) is 17.8. The SMILES string of the molecule is Nc1ccc2c(c1)Oc1cc(O)ccc1C2(OC=O)c1ccccc1. The van der Waals surface area contributed by atoms with E-state index in [1.165, 1.54) is 12.1 Å². The van der Waals surface area contributed by atoms with Crippen LogP contribution in [0.25, 0.3) is 0 Å². The third-order valence-corrected chi connectivity index (χ3v) is 4.35. The molecule has 3 aromatic carbocycles. The van der Waals surface area contributed by atoms with Gasteiger partial charge in [-0.1, -0.05) is 30.3 Å². The Kier molecular flexibility index (Phi) is 3.35. The Hall–Kier alpha value is -3.47. The molecule has 1 unspecified atom stereocenters. The van der Waals surface area contributed by atoms with Crippen molar-refractivity contribution in [2.75, 3.05) is 5.73 Å². The first kappa shape index (κ1) is 15.1. The Morgan fingerprint density at radius 1 is 0.960 bits per heavy atom. The minimum absolute atomic E-state index is 0.0548. The molecule has 0 aromatic heterocycles. The third kappa shape index (κ3) is 2.21. The predicted molar refractivity (Wildman–Crippen MR) is 92.5 cm³/mol. The highest BCUT2D eigenvalue weighted by Crippen LogP contribution is 2.53. The van der Waals surface area contributed by atoms with Crippen LogP contribution in [-0.4, -0.2) is 11.6 Å². The first-order chi connectivity index (χ1) is 12.1. The monoisotopic (exact) mass is 333 g/mol. The molecule has 124 valence electrons. The number of fused-ring (bicyclic) bond motifs is 2. The molecule has 3 N–H and O–H groups in total. The van der Waals surface area contributed by atoms with Crippen molar-refractivity contribution >= 4 is 12.2 Å². The summed E-state index contributed by atoms with van der Waals surface area (Å²) in [6.45, 7) is 0.426. The van der Waals surface area contributed by atoms with Crippen molar-refractivity contribution in [2.24, 2.45) is 0 Å². The summed E-state index contributed by atoms with van der Waals surface area (Å²) in [5.74, 6) is 0.937. The molecule has 5 heteroatoms. The minimum Gasteiger partial charge on any atom is -0.508 e. The van der Waals surface area contributed by atoms with Crippen LogP contribution in [0.15, 0.2) is 66.7 Å². The summed E-state index contributed by atoms with van der Waals surface area (Å²) in [5, 5.41) is 9.85. The van der Waals surface area contributed by atoms with Crippen molar-refractivity contribution in [2.45, 2.75) is 5.60 Å². The van der Waals surface area contributed by atoms with E-state index in [4.69, 9.17) is 15.2 Å². The summed E-state index contributed by atoms with van der Waals surface area (Å²) in [5.41, 5.74) is 7.29. The Morgan fingerprint density at radius 3 is 2.36 bits per heavy atom. The molecule has 1 heterocycles. The Morgan fingerprint density at radius 2 is 1.64 bits per heavy atom. The van der Waals surface area contributed by atoms with E-state index in [1.54, 1.807) is 24.3 Å². The minimum atomic E-state index is -1.19. The van der Waals surface area contributed by atoms with Crippen LogP contribution in [-0.2, 0) is 15.1 Å². The molecule has 1 aliphatic heterocycles. The zero-order chi connectivity index (χ0) is 17.4. The second kappa shape index (κ2) is 5.56. The first-order valence-electron chi connectivity index (χ1n) is 7.73. The van der Waals surface area contributed by atoms with Gasteiger partial charge >= 0.3 is 0 Å². The number of aromatic hydroxyl groups is 1. The van der Waals surface area contributed by atoms with Crippen molar-refractivity contribution in [3.05, 3.63) is 83.4 Å². The van der Waals surface area contributed by atoms with Gasteiger partial charge in [0.05, 0.1) is 0 Å². The van der Waals surface area contributed by atoms with Crippen molar-refractivity contribution in [3.63, 3.8) is 0 Å². The number of hydrogen-bond acceptors (Lipinski definition) is 5. The van der Waals surface area contributed by atoms with Crippen LogP contribution in [0.4, 0.5) is 5.69 Å². The molecule has 3 aromatic rings. The number of nitrogens with two attached hydrogens (primary N) is 1. The summed E-state index contributed by atoms with van der Waals surface area (Å²) in [6, 6.07) is 19.3. The molecule has 0 fully saturated rings. The standard InChI is InChI=1S/C20H15NO4/c21-14-6-8-16-18(10-14)25-19-11-15(23)7-9-17(19)20(16,24-12-22)13-4-2-1-3-5-13/h1-12,23H,21H2. The average molecular weight is 333 g/mol. The van der Waals surface area contributed by atoms with E-state index in [0.717, 1.165) is 5.56 Å². The van der Waals surface area contributed by atoms with Crippen molar-refractivity contribution in [1.82, 2.24) is 0 Å². The highest BCUT2D eigenvalue weighted by atomic mass is 16.5. The number of phenolic OH excluding ortho intramolecular Hbond substituents is 1. The molecule has 0 saturated carbocycles. The van der Waals surface area contributed by atoms with Crippen LogP contribution in [0, 0.1) is 0 Å². The number of benzene rings is 3. The van der Waals surface area contributed by atoms with E-state index in [9.17, 15) is 9.90 Å². The molecule has 0 radical (unpaired) electrons. The van der Waals surface area contributed by atoms with Crippen LogP contribution in [0.3, 0.4) is 0 Å². The number of carbonyl (C=O) groups excluding carboxylic acids is 1. The molecule has 0 amide bonds. The van der Waals surface area contributed by atoms with Crippen LogP contribution in [0.5, 0.6) is 17.2 Å². The van der Waals surface area contributed by atoms with Gasteiger partial charge in [-0.2, -0.15) is 0 Å². The number of nitrogen functional groups attached to an aromatic ring is 1. The van der Waals surface area contributed by atoms with Crippen molar-refractivity contribution in [3.8, 4) is 17.2 Å². The lowest BCUT2D eigenvalue weighted by molar-refractivity contribution is -0.137. The number of anilines is 1. The van der Waals surface area contributed by atoms with Gasteiger partial charge in [0.25, 0.3) is 6.47 Å². The van der Waals surface area contributed by atoms with Gasteiger partial charge in [0.2, 0.25) is 0 Å². The molecule has 1 atom stereocenters. The lowest BCUT2D eigenvalue weighted by Gasteiger charge is -2.39. The van der Waals surface area contributed by atoms with Crippen LogP contribution in [0.1, 0.15) is 16.7 Å². The molecule has 0 spiro atoms. The summed E-state index contributed by atoms with van der Waals surface area (Å²) in [6.07, 6.45) is 0. The smallest absolute Gasteiger partial charge is 0.294 e. The van der Waals surface area contributed by atoms with Gasteiger partial charge in [-0.05, 0) is 24.3 Å². The second-order valence-electron chi connectivity index (χ2n) is 5.80. The molecule has 0 bridgehead atoms. The summed E-state index contributed by atoms with van der Waals surface area (Å²) >= 11 is 0. The van der Waals surface area contributed by atoms with Gasteiger partial charge in [-0.25, -0.2) is 0 Å². The average Bonchev–Trinajstić information content (AvgIpc) is 2.61. The van der Waals surface area contributed by atoms with Gasteiger partial charge in [0.15, 0.2) is 5.60 Å². The van der Waals surface area contributed by atoms with Crippen LogP contribution in [0.2, 0.25) is 0 Å². The van der Waals surface area contributed by atoms with Crippen LogP contribution >= 0.6 is 0 Å². The number of hydrogen-bond donors (Lipinski definition) is 2. The number of phenols is 1. The van der Waals surface area contributed by atoms with E-state index in [-0.39, 0.29) is 5.75 Å². The molecule has 0 saturated heterocycles. The highest BCUT2D eigenvalue weighted by molar-refractivity contribution is 5.66. The van der Waals surface area contributed by atoms with Gasteiger partial charge in [-0.15, -0.1) is 0 Å². The zero-order valence-electron chi connectivity index (χ0n) is 13.2. The zero-order valence-corrected chi connectivity index (χ0v) is 13.2. The largest absolute Gasteiger partial charge is 0.508 e. The fourth-order valence-electron chi connectivity index (χ4n) is 3.32. The molecule has 25 heavy (non-hydrogen) atoms. The summed E-state index contributed by atoms with van der Waals surface area (Å²) in [7, 11) is 0. The van der Waals surface area contributed by atoms with E-state index in [2.05, 4.69) is 0 Å². The maximum atomic E-state index is 11.5. The lowest BCUT2D eigenvalue weighted by atomic mass is 9.77. The van der Waals surface area contributed by atoms with Gasteiger partial charge in [-0.3, -0.25) is 4.79 Å². The second-order valence-corrected chi connectivity index (χ2v) is 5.80. The molecule has 5 nitrogen and oxygen atoms in total. The van der Waals surface area contributed by atoms with E-state index in [0.29, 0.717) is 34.8 Å². The Bertz CT molecular complexity index is 902. The quantitative estimate of drug-likeness (QED) is 0.566.